The lowest BCUT2D eigenvalue weighted by Gasteiger charge is -2.24. The molecule has 14 heteroatoms. The van der Waals surface area contributed by atoms with Gasteiger partial charge in [0.15, 0.2) is 0 Å². The molecular weight excluding hydrogens is 575 g/mol. The SMILES string of the molecule is CNC(=O)c1c(-c2ccc(F)cc2)oc2cc3c(cc12)[C@H](C)OC(OC(=O)COCCOCCOC)CN3S(C)(=O)=O. The van der Waals surface area contributed by atoms with Gasteiger partial charge in [0.05, 0.1) is 56.6 Å². The third-order valence-electron chi connectivity index (χ3n) is 6.46. The van der Waals surface area contributed by atoms with Gasteiger partial charge in [-0.2, -0.15) is 0 Å². The van der Waals surface area contributed by atoms with Crippen LogP contribution in [0.5, 0.6) is 0 Å². The predicted molar refractivity (Wildman–Crippen MR) is 150 cm³/mol. The zero-order valence-electron chi connectivity index (χ0n) is 23.7. The largest absolute Gasteiger partial charge is 0.455 e. The van der Waals surface area contributed by atoms with Gasteiger partial charge in [0.1, 0.15) is 23.8 Å². The molecule has 1 unspecified atom stereocenters. The second kappa shape index (κ2) is 13.6. The molecule has 0 radical (unpaired) electrons. The quantitative estimate of drug-likeness (QED) is 0.241. The number of halogens is 1. The van der Waals surface area contributed by atoms with Gasteiger partial charge in [-0.1, -0.05) is 0 Å². The molecule has 1 N–H and O–H groups in total. The van der Waals surface area contributed by atoms with Gasteiger partial charge < -0.3 is 33.4 Å². The Morgan fingerprint density at radius 3 is 2.45 bits per heavy atom. The Labute approximate surface area is 242 Å². The van der Waals surface area contributed by atoms with Gasteiger partial charge in [-0.05, 0) is 37.3 Å². The number of carbonyl (C=O) groups excluding carboxylic acids is 2. The first kappa shape index (κ1) is 31.4. The molecule has 0 aliphatic carbocycles. The number of hydrogen-bond acceptors (Lipinski definition) is 10. The molecule has 1 aromatic heterocycles. The van der Waals surface area contributed by atoms with Crippen molar-refractivity contribution < 1.29 is 50.5 Å². The van der Waals surface area contributed by atoms with E-state index in [1.54, 1.807) is 20.1 Å². The highest BCUT2D eigenvalue weighted by Crippen LogP contribution is 2.42. The van der Waals surface area contributed by atoms with Crippen molar-refractivity contribution in [3.63, 3.8) is 0 Å². The summed E-state index contributed by atoms with van der Waals surface area (Å²) in [7, 11) is -0.873. The van der Waals surface area contributed by atoms with Crippen molar-refractivity contribution in [1.29, 1.82) is 0 Å². The van der Waals surface area contributed by atoms with Crippen molar-refractivity contribution in [3.05, 3.63) is 53.3 Å². The monoisotopic (exact) mass is 608 g/mol. The second-order valence-corrected chi connectivity index (χ2v) is 11.4. The topological polar surface area (TPSA) is 143 Å². The minimum absolute atomic E-state index is 0.147. The number of benzene rings is 2. The van der Waals surface area contributed by atoms with Gasteiger partial charge in [0.2, 0.25) is 16.3 Å². The highest BCUT2D eigenvalue weighted by atomic mass is 32.2. The molecule has 0 fully saturated rings. The van der Waals surface area contributed by atoms with Crippen LogP contribution >= 0.6 is 0 Å². The highest BCUT2D eigenvalue weighted by Gasteiger charge is 2.35. The van der Waals surface area contributed by atoms with Crippen molar-refractivity contribution in [3.8, 4) is 11.3 Å². The van der Waals surface area contributed by atoms with Gasteiger partial charge >= 0.3 is 5.97 Å². The molecule has 0 bridgehead atoms. The minimum atomic E-state index is -3.90. The van der Waals surface area contributed by atoms with Crippen LogP contribution in [0.2, 0.25) is 0 Å². The number of nitrogens with zero attached hydrogens (tertiary/aromatic N) is 1. The van der Waals surface area contributed by atoms with Crippen LogP contribution in [0.15, 0.2) is 40.8 Å². The van der Waals surface area contributed by atoms with Crippen LogP contribution in [0.4, 0.5) is 10.1 Å². The molecule has 1 amide bonds. The number of fused-ring (bicyclic) bond motifs is 2. The molecule has 0 saturated carbocycles. The molecule has 0 saturated heterocycles. The fourth-order valence-corrected chi connectivity index (χ4v) is 5.41. The van der Waals surface area contributed by atoms with E-state index in [0.717, 1.165) is 10.6 Å². The number of ether oxygens (including phenoxy) is 5. The van der Waals surface area contributed by atoms with E-state index in [2.05, 4.69) is 5.32 Å². The zero-order chi connectivity index (χ0) is 30.4. The number of nitrogens with one attached hydrogen (secondary N) is 1. The maximum atomic E-state index is 13.6. The Morgan fingerprint density at radius 2 is 1.79 bits per heavy atom. The predicted octanol–water partition coefficient (Wildman–Crippen LogP) is 3.00. The first-order chi connectivity index (χ1) is 20.0. The summed E-state index contributed by atoms with van der Waals surface area (Å²) in [4.78, 5) is 25.4. The van der Waals surface area contributed by atoms with E-state index in [9.17, 15) is 22.4 Å². The Morgan fingerprint density at radius 1 is 1.10 bits per heavy atom. The van der Waals surface area contributed by atoms with Crippen LogP contribution in [-0.2, 0) is 38.5 Å². The van der Waals surface area contributed by atoms with E-state index in [4.69, 9.17) is 28.1 Å². The summed E-state index contributed by atoms with van der Waals surface area (Å²) in [5.41, 5.74) is 1.54. The van der Waals surface area contributed by atoms with Crippen molar-refractivity contribution in [2.24, 2.45) is 0 Å². The van der Waals surface area contributed by atoms with Gasteiger partial charge in [-0.3, -0.25) is 9.10 Å². The van der Waals surface area contributed by atoms with Crippen LogP contribution in [0.3, 0.4) is 0 Å². The van der Waals surface area contributed by atoms with Crippen LogP contribution < -0.4 is 9.62 Å². The maximum absolute atomic E-state index is 13.6. The number of rotatable bonds is 12. The Balaban J connectivity index is 1.63. The lowest BCUT2D eigenvalue weighted by molar-refractivity contribution is -0.189. The van der Waals surface area contributed by atoms with Gasteiger partial charge in [0, 0.05) is 36.7 Å². The standard InChI is InChI=1S/C28H33FN2O10S/c1-17-20-13-21-23(40-27(26(21)28(33)30-2)18-5-7-19(29)8-6-18)14-22(20)31(42(4,34)35)15-25(39-17)41-24(32)16-38-12-11-37-10-9-36-3/h5-8,13-14,17,25H,9-12,15-16H2,1-4H3,(H,30,33)/t17-,25?/m0/s1. The minimum Gasteiger partial charge on any atom is -0.455 e. The third kappa shape index (κ3) is 7.25. The summed E-state index contributed by atoms with van der Waals surface area (Å²) in [6.45, 7) is 2.19. The molecule has 228 valence electrons. The van der Waals surface area contributed by atoms with E-state index >= 15 is 0 Å². The number of amides is 1. The van der Waals surface area contributed by atoms with E-state index in [-0.39, 0.29) is 49.0 Å². The molecule has 2 heterocycles. The van der Waals surface area contributed by atoms with Crippen LogP contribution in [-0.4, -0.2) is 86.6 Å². The van der Waals surface area contributed by atoms with Crippen molar-refractivity contribution in [2.75, 3.05) is 64.3 Å². The molecule has 4 rings (SSSR count). The molecule has 42 heavy (non-hydrogen) atoms. The van der Waals surface area contributed by atoms with Crippen molar-refractivity contribution in [1.82, 2.24) is 5.32 Å². The van der Waals surface area contributed by atoms with E-state index in [1.807, 2.05) is 0 Å². The molecule has 2 aromatic carbocycles. The lowest BCUT2D eigenvalue weighted by Crippen LogP contribution is -2.39. The fraction of sp³-hybridized carbons (Fsp3) is 0.429. The molecular formula is C28H33FN2O10S. The summed E-state index contributed by atoms with van der Waals surface area (Å²) in [5, 5.41) is 2.98. The van der Waals surface area contributed by atoms with Crippen LogP contribution in [0.1, 0.15) is 28.9 Å². The van der Waals surface area contributed by atoms with E-state index in [1.165, 1.54) is 37.4 Å². The Bertz CT molecular complexity index is 1520. The maximum Gasteiger partial charge on any atom is 0.334 e. The van der Waals surface area contributed by atoms with Crippen LogP contribution in [0.25, 0.3) is 22.3 Å². The van der Waals surface area contributed by atoms with Crippen LogP contribution in [0, 0.1) is 5.82 Å². The Hall–Kier alpha value is -3.56. The van der Waals surface area contributed by atoms with E-state index in [0.29, 0.717) is 29.7 Å². The summed E-state index contributed by atoms with van der Waals surface area (Å²) in [6, 6.07) is 8.57. The number of carbonyl (C=O) groups is 2. The summed E-state index contributed by atoms with van der Waals surface area (Å²) in [5.74, 6) is -1.46. The average Bonchev–Trinajstić information content (AvgIpc) is 3.25. The Kier molecular flexibility index (Phi) is 10.2. The normalized spacial score (nSPS) is 17.1. The summed E-state index contributed by atoms with van der Waals surface area (Å²) < 4.78 is 73.4. The first-order valence-electron chi connectivity index (χ1n) is 13.1. The molecule has 0 spiro atoms. The molecule has 1 aliphatic heterocycles. The highest BCUT2D eigenvalue weighted by molar-refractivity contribution is 7.92. The van der Waals surface area contributed by atoms with Gasteiger partial charge in [0.25, 0.3) is 5.91 Å². The zero-order valence-corrected chi connectivity index (χ0v) is 24.5. The number of anilines is 1. The number of hydrogen-bond donors (Lipinski definition) is 1. The molecule has 2 atom stereocenters. The lowest BCUT2D eigenvalue weighted by atomic mass is 10.0. The van der Waals surface area contributed by atoms with Crippen molar-refractivity contribution in [2.45, 2.75) is 19.3 Å². The van der Waals surface area contributed by atoms with Gasteiger partial charge in [-0.15, -0.1) is 0 Å². The summed E-state index contributed by atoms with van der Waals surface area (Å²) in [6.07, 6.45) is -0.994. The van der Waals surface area contributed by atoms with Gasteiger partial charge in [-0.25, -0.2) is 17.6 Å². The van der Waals surface area contributed by atoms with E-state index < -0.39 is 40.1 Å². The number of sulfonamides is 1. The molecule has 1 aliphatic rings. The number of methoxy groups -OCH3 is 1. The number of esters is 1. The first-order valence-corrected chi connectivity index (χ1v) is 14.9. The smallest absolute Gasteiger partial charge is 0.334 e. The third-order valence-corrected chi connectivity index (χ3v) is 7.61. The average molecular weight is 609 g/mol. The molecule has 12 nitrogen and oxygen atoms in total. The molecule has 3 aromatic rings. The van der Waals surface area contributed by atoms with Crippen molar-refractivity contribution >= 4 is 38.6 Å². The number of furan rings is 1. The second-order valence-electron chi connectivity index (χ2n) is 9.45. The summed E-state index contributed by atoms with van der Waals surface area (Å²) >= 11 is 0. The fourth-order valence-electron chi connectivity index (χ4n) is 4.50.